The molecule has 160 valence electrons. The fourth-order valence-electron chi connectivity index (χ4n) is 4.22. The van der Waals surface area contributed by atoms with Crippen molar-refractivity contribution in [2.24, 2.45) is 5.92 Å². The van der Waals surface area contributed by atoms with Crippen molar-refractivity contribution in [2.75, 3.05) is 18.4 Å². The number of nitrogens with one attached hydrogen (secondary N) is 2. The molecule has 7 heteroatoms. The maximum atomic E-state index is 12.3. The molecule has 5 rings (SSSR count). The quantitative estimate of drug-likeness (QED) is 0.641. The number of likely N-dealkylation sites (tertiary alicyclic amines) is 1. The van der Waals surface area contributed by atoms with Crippen LogP contribution in [0.4, 0.5) is 10.5 Å². The highest BCUT2D eigenvalue weighted by Gasteiger charge is 2.31. The van der Waals surface area contributed by atoms with Crippen LogP contribution < -0.4 is 10.6 Å². The van der Waals surface area contributed by atoms with Gasteiger partial charge in [-0.15, -0.1) is 0 Å². The number of pyridine rings is 1. The number of aromatic nitrogens is 2. The van der Waals surface area contributed by atoms with E-state index in [-0.39, 0.29) is 6.03 Å². The molecule has 1 atom stereocenters. The van der Waals surface area contributed by atoms with Gasteiger partial charge in [-0.05, 0) is 60.6 Å². The molecular formula is C24H27N5O2. The summed E-state index contributed by atoms with van der Waals surface area (Å²) in [6, 6.07) is 11.6. The number of amides is 3. The van der Waals surface area contributed by atoms with E-state index in [0.29, 0.717) is 24.3 Å². The Morgan fingerprint density at radius 3 is 2.71 bits per heavy atom. The summed E-state index contributed by atoms with van der Waals surface area (Å²) in [7, 11) is 0. The summed E-state index contributed by atoms with van der Waals surface area (Å²) in [6.07, 6.45) is 9.72. The van der Waals surface area contributed by atoms with Gasteiger partial charge in [-0.25, -0.2) is 9.78 Å². The van der Waals surface area contributed by atoms with Gasteiger partial charge in [-0.3, -0.25) is 4.79 Å². The number of urea groups is 1. The average Bonchev–Trinajstić information content (AvgIpc) is 3.26. The van der Waals surface area contributed by atoms with E-state index in [9.17, 15) is 9.59 Å². The van der Waals surface area contributed by atoms with E-state index in [2.05, 4.69) is 27.8 Å². The first kappa shape index (κ1) is 19.6. The zero-order valence-corrected chi connectivity index (χ0v) is 17.5. The van der Waals surface area contributed by atoms with Crippen LogP contribution in [0.1, 0.15) is 42.7 Å². The Balaban J connectivity index is 1.11. The average molecular weight is 418 g/mol. The van der Waals surface area contributed by atoms with Gasteiger partial charge in [-0.2, -0.15) is 0 Å². The first-order chi connectivity index (χ1) is 15.1. The maximum absolute atomic E-state index is 12.3. The van der Waals surface area contributed by atoms with Crippen LogP contribution in [0.3, 0.4) is 0 Å². The van der Waals surface area contributed by atoms with Crippen molar-refractivity contribution in [3.63, 3.8) is 0 Å². The Morgan fingerprint density at radius 2 is 1.90 bits per heavy atom. The zero-order chi connectivity index (χ0) is 21.2. The maximum Gasteiger partial charge on any atom is 0.319 e. The van der Waals surface area contributed by atoms with Crippen LogP contribution in [0, 0.1) is 5.92 Å². The second-order valence-electron chi connectivity index (χ2n) is 8.63. The summed E-state index contributed by atoms with van der Waals surface area (Å²) in [6.45, 7) is 2.09. The summed E-state index contributed by atoms with van der Waals surface area (Å²) < 4.78 is 1.93. The molecule has 3 aromatic rings. The Kier molecular flexibility index (Phi) is 5.32. The largest absolute Gasteiger partial charge is 0.342 e. The van der Waals surface area contributed by atoms with Gasteiger partial charge in [0, 0.05) is 56.3 Å². The third-order valence-electron chi connectivity index (χ3n) is 6.26. The van der Waals surface area contributed by atoms with Crippen molar-refractivity contribution in [2.45, 2.75) is 38.1 Å². The van der Waals surface area contributed by atoms with Crippen LogP contribution >= 0.6 is 0 Å². The van der Waals surface area contributed by atoms with Gasteiger partial charge in [0.2, 0.25) is 5.91 Å². The number of hydrogen-bond acceptors (Lipinski definition) is 3. The fourth-order valence-corrected chi connectivity index (χ4v) is 4.22. The van der Waals surface area contributed by atoms with Crippen LogP contribution in [0.5, 0.6) is 0 Å². The fraction of sp³-hybridized carbons (Fsp3) is 0.375. The topological polar surface area (TPSA) is 78.7 Å². The molecule has 1 unspecified atom stereocenters. The van der Waals surface area contributed by atoms with E-state index in [1.54, 1.807) is 6.20 Å². The second-order valence-corrected chi connectivity index (χ2v) is 8.63. The molecule has 1 aromatic carbocycles. The van der Waals surface area contributed by atoms with Gasteiger partial charge in [0.15, 0.2) is 0 Å². The number of benzene rings is 1. The van der Waals surface area contributed by atoms with Crippen molar-refractivity contribution in [1.29, 1.82) is 0 Å². The predicted octanol–water partition coefficient (Wildman–Crippen LogP) is 3.77. The van der Waals surface area contributed by atoms with Gasteiger partial charge in [-0.1, -0.05) is 12.1 Å². The van der Waals surface area contributed by atoms with Gasteiger partial charge >= 0.3 is 6.03 Å². The van der Waals surface area contributed by atoms with Gasteiger partial charge < -0.3 is 19.9 Å². The minimum atomic E-state index is -0.242. The molecule has 3 heterocycles. The Bertz CT molecular complexity index is 1090. The summed E-state index contributed by atoms with van der Waals surface area (Å²) in [5.41, 5.74) is 3.83. The molecule has 1 aliphatic carbocycles. The van der Waals surface area contributed by atoms with E-state index in [0.717, 1.165) is 42.8 Å². The lowest BCUT2D eigenvalue weighted by Crippen LogP contribution is -2.28. The highest BCUT2D eigenvalue weighted by molar-refractivity contribution is 5.89. The minimum absolute atomic E-state index is 0.242. The first-order valence-corrected chi connectivity index (χ1v) is 11.0. The molecule has 2 fully saturated rings. The predicted molar refractivity (Wildman–Crippen MR) is 119 cm³/mol. The van der Waals surface area contributed by atoms with E-state index in [1.807, 2.05) is 46.0 Å². The molecule has 3 amide bonds. The molecule has 0 spiro atoms. The van der Waals surface area contributed by atoms with Crippen LogP contribution in [-0.2, 0) is 11.3 Å². The van der Waals surface area contributed by atoms with E-state index >= 15 is 0 Å². The summed E-state index contributed by atoms with van der Waals surface area (Å²) >= 11 is 0. The van der Waals surface area contributed by atoms with Crippen LogP contribution in [0.25, 0.3) is 5.65 Å². The monoisotopic (exact) mass is 417 g/mol. The van der Waals surface area contributed by atoms with E-state index < -0.39 is 0 Å². The molecule has 1 saturated carbocycles. The van der Waals surface area contributed by atoms with E-state index in [1.165, 1.54) is 18.4 Å². The second kappa shape index (κ2) is 8.41. The molecule has 2 aliphatic rings. The molecule has 31 heavy (non-hydrogen) atoms. The van der Waals surface area contributed by atoms with Crippen molar-refractivity contribution in [3.05, 3.63) is 66.1 Å². The number of carbonyl (C=O) groups is 2. The summed E-state index contributed by atoms with van der Waals surface area (Å²) in [4.78, 5) is 30.9. The number of carbonyl (C=O) groups excluding carboxylic acids is 2. The SMILES string of the molecule is O=C(NCc1ccn2ccnc2c1)Nc1ccc(C2CCN(C(=O)CC3CC3)C2)cc1. The van der Waals surface area contributed by atoms with Gasteiger partial charge in [0.1, 0.15) is 5.65 Å². The van der Waals surface area contributed by atoms with Crippen molar-refractivity contribution < 1.29 is 9.59 Å². The van der Waals surface area contributed by atoms with Crippen molar-refractivity contribution in [1.82, 2.24) is 19.6 Å². The lowest BCUT2D eigenvalue weighted by molar-refractivity contribution is -0.130. The third kappa shape index (κ3) is 4.71. The van der Waals surface area contributed by atoms with Gasteiger partial charge in [0.05, 0.1) is 0 Å². The molecule has 0 radical (unpaired) electrons. The lowest BCUT2D eigenvalue weighted by atomic mass is 9.98. The number of nitrogens with zero attached hydrogens (tertiary/aromatic N) is 3. The standard InChI is InChI=1S/C24H27N5O2/c30-23(14-17-1-2-17)29-11-8-20(16-29)19-3-5-21(6-4-19)27-24(31)26-15-18-7-10-28-12-9-25-22(28)13-18/h3-7,9-10,12-13,17,20H,1-2,8,11,14-16H2,(H2,26,27,31). The molecular weight excluding hydrogens is 390 g/mol. The van der Waals surface area contributed by atoms with Crippen molar-refractivity contribution >= 4 is 23.3 Å². The third-order valence-corrected chi connectivity index (χ3v) is 6.26. The highest BCUT2D eigenvalue weighted by Crippen LogP contribution is 2.34. The van der Waals surface area contributed by atoms with Crippen molar-refractivity contribution in [3.8, 4) is 0 Å². The van der Waals surface area contributed by atoms with Crippen LogP contribution in [0.2, 0.25) is 0 Å². The molecule has 7 nitrogen and oxygen atoms in total. The lowest BCUT2D eigenvalue weighted by Gasteiger charge is -2.17. The van der Waals surface area contributed by atoms with Crippen LogP contribution in [-0.4, -0.2) is 39.3 Å². The number of rotatable bonds is 6. The Hall–Kier alpha value is -3.35. The van der Waals surface area contributed by atoms with Crippen LogP contribution in [0.15, 0.2) is 55.0 Å². The number of hydrogen-bond donors (Lipinski definition) is 2. The number of imidazole rings is 1. The minimum Gasteiger partial charge on any atom is -0.342 e. The van der Waals surface area contributed by atoms with Gasteiger partial charge in [0.25, 0.3) is 0 Å². The highest BCUT2D eigenvalue weighted by atomic mass is 16.2. The number of fused-ring (bicyclic) bond motifs is 1. The summed E-state index contributed by atoms with van der Waals surface area (Å²) in [5, 5.41) is 5.76. The molecule has 1 saturated heterocycles. The van der Waals surface area contributed by atoms with E-state index in [4.69, 9.17) is 0 Å². The molecule has 0 bridgehead atoms. The summed E-state index contributed by atoms with van der Waals surface area (Å²) in [5.74, 6) is 1.33. The first-order valence-electron chi connectivity index (χ1n) is 11.0. The normalized spacial score (nSPS) is 18.3. The number of anilines is 1. The zero-order valence-electron chi connectivity index (χ0n) is 17.5. The molecule has 2 N–H and O–H groups in total. The molecule has 1 aliphatic heterocycles. The molecule has 2 aromatic heterocycles. The smallest absolute Gasteiger partial charge is 0.319 e. The Labute approximate surface area is 181 Å². The Morgan fingerprint density at radius 1 is 1.06 bits per heavy atom.